The van der Waals surface area contributed by atoms with E-state index < -0.39 is 31.0 Å². The molecule has 356 valence electrons. The van der Waals surface area contributed by atoms with E-state index >= 15 is 0 Å². The largest absolute Gasteiger partial charge is 0 e. The van der Waals surface area contributed by atoms with E-state index in [1.807, 2.05) is 115 Å². The fraction of sp³-hybridized carbons (Fsp3) is 0.0196. The summed E-state index contributed by atoms with van der Waals surface area (Å²) in [6.45, 7) is 0. The number of fused-ring (bicyclic) bond motifs is 2. The monoisotopic (exact) mass is 1420 g/mol. The predicted octanol–water partition coefficient (Wildman–Crippen LogP) is 11.0. The maximum absolute atomic E-state index is 14.1. The quantitative estimate of drug-likeness (QED) is 0.0716. The van der Waals surface area contributed by atoms with Crippen LogP contribution >= 0.6 is 50.4 Å². The van der Waals surface area contributed by atoms with E-state index in [4.69, 9.17) is 23.9 Å². The standard InChI is InChI=1S/C45H36O6P4.6CH3.2ClH.Ru.4Zr/c1-51-55(49,50)43-31-41(53(34-22-10-4-11-23-34)35-24-12-5-13-25-35)45(39-29-17-15-27-37(39)43)44-38-28-16-14-26-36(38)42(54(46,47)48)30-40(44)52(32-18-6-2-7-19-32)33-20-8-3-9-21-33;;;;;;;;;;;;;/h2-31H,1H3,(H,49,50)(H2,46,47,48);6*1H3;2*1H;;;;;/q;6*-1;;;+4;;;;. The Hall–Kier alpha value is 0.176. The molecular weight excluding hydrogens is 1370 g/mol. The van der Waals surface area contributed by atoms with Gasteiger partial charge in [0.2, 0.25) is 0 Å². The summed E-state index contributed by atoms with van der Waals surface area (Å²) in [4.78, 5) is 33.5. The number of hydrogen-bond donors (Lipinski definition) is 3. The minimum Gasteiger partial charge on any atom is 0 e. The van der Waals surface area contributed by atoms with Crippen molar-refractivity contribution in [2.24, 2.45) is 0 Å². The van der Waals surface area contributed by atoms with Gasteiger partial charge in [-0.3, -0.25) is 9.13 Å². The van der Waals surface area contributed by atoms with E-state index in [9.17, 15) is 23.8 Å². The van der Waals surface area contributed by atoms with Gasteiger partial charge in [0.25, 0.3) is 0 Å². The molecule has 0 fully saturated rings. The van der Waals surface area contributed by atoms with E-state index in [1.54, 1.807) is 18.2 Å². The SMILES string of the molecule is COP(=O)(O)c1cc([PH+](c2ccccc2)c2ccccc2)c(-c2c([PH+](c3ccccc3)c3ccccc3)cc(P(=O)(O)O)c3ccccc23)c2ccccc12.[CH3-].[CH3-].[CH3-].[CH3-].[CH3-].[CH3-].[Cl][Ru+2][Cl].[Zr].[Zr].[Zr].[Zr]. The van der Waals surface area contributed by atoms with E-state index in [0.29, 0.717) is 16.2 Å². The third kappa shape index (κ3) is 16.8. The van der Waals surface area contributed by atoms with Crippen molar-refractivity contribution in [3.63, 3.8) is 0 Å². The molecule has 3 N–H and O–H groups in total. The van der Waals surface area contributed by atoms with Gasteiger partial charge in [-0.05, 0) is 82.2 Å². The summed E-state index contributed by atoms with van der Waals surface area (Å²) in [6.07, 6.45) is 0. The van der Waals surface area contributed by atoms with Gasteiger partial charge in [-0.25, -0.2) is 0 Å². The fourth-order valence-electron chi connectivity index (χ4n) is 7.59. The van der Waals surface area contributed by atoms with Crippen LogP contribution in [-0.4, -0.2) is 21.8 Å². The molecule has 8 aromatic carbocycles. The smallest absolute Gasteiger partial charge is 0 e. The Balaban J connectivity index is -0.00000154. The second-order valence-corrected chi connectivity index (χ2v) is 24.2. The molecule has 0 saturated carbocycles. The average molecular weight is 1430 g/mol. The summed E-state index contributed by atoms with van der Waals surface area (Å²) in [5, 5.41) is 8.52. The normalized spacial score (nSPS) is 10.8. The van der Waals surface area contributed by atoms with Gasteiger partial charge in [0.15, 0.2) is 0 Å². The zero-order chi connectivity index (χ0) is 40.9. The molecule has 8 rings (SSSR count). The van der Waals surface area contributed by atoms with Gasteiger partial charge in [-0.1, -0.05) is 121 Å². The van der Waals surface area contributed by atoms with E-state index in [1.165, 1.54) is 7.11 Å². The molecule has 0 radical (unpaired) electrons. The van der Waals surface area contributed by atoms with Crippen molar-refractivity contribution in [3.8, 4) is 11.1 Å². The predicted molar refractivity (Wildman–Crippen MR) is 285 cm³/mol. The van der Waals surface area contributed by atoms with Crippen LogP contribution in [0, 0.1) is 44.6 Å². The second kappa shape index (κ2) is 34.6. The van der Waals surface area contributed by atoms with Crippen LogP contribution in [0.5, 0.6) is 0 Å². The Kier molecular flexibility index (Phi) is 38.0. The number of halogens is 2. The first-order chi connectivity index (χ1) is 28.1. The van der Waals surface area contributed by atoms with Crippen LogP contribution in [0.15, 0.2) is 182 Å². The number of benzene rings is 8. The molecule has 1 unspecified atom stereocenters. The van der Waals surface area contributed by atoms with Crippen molar-refractivity contribution < 1.29 is 148 Å². The third-order valence-electron chi connectivity index (χ3n) is 9.95. The molecule has 0 heterocycles. The summed E-state index contributed by atoms with van der Waals surface area (Å²) in [5.74, 6) is 0. The maximum Gasteiger partial charge on any atom is 0 e. The Morgan fingerprint density at radius 2 is 0.662 bits per heavy atom. The van der Waals surface area contributed by atoms with Gasteiger partial charge in [0, 0.05) is 123 Å². The second-order valence-electron chi connectivity index (χ2n) is 13.2. The van der Waals surface area contributed by atoms with Crippen LogP contribution in [-0.2, 0) is 134 Å². The molecule has 0 saturated heterocycles. The zero-order valence-electron chi connectivity index (χ0n) is 38.9. The van der Waals surface area contributed by atoms with Gasteiger partial charge in [0.05, 0.1) is 26.5 Å². The molecule has 8 aromatic rings. The van der Waals surface area contributed by atoms with Crippen molar-refractivity contribution in [1.82, 2.24) is 0 Å². The topological polar surface area (TPSA) is 104 Å². The van der Waals surface area contributed by atoms with Crippen LogP contribution in [0.3, 0.4) is 0 Å². The molecule has 17 heteroatoms. The van der Waals surface area contributed by atoms with Gasteiger partial charge in [-0.15, -0.1) is 0 Å². The first kappa shape index (κ1) is 74.7. The number of hydrogen-bond acceptors (Lipinski definition) is 3. The Morgan fingerprint density at radius 1 is 0.426 bits per heavy atom. The summed E-state index contributed by atoms with van der Waals surface area (Å²) in [6, 6.07) is 59.4. The molecule has 1 atom stereocenters. The summed E-state index contributed by atoms with van der Waals surface area (Å²) >= 11 is -0.346. The van der Waals surface area contributed by atoms with Crippen LogP contribution in [0.2, 0.25) is 0 Å². The molecular formula is C51H56Cl2O6P4RuZr4-2. The molecule has 0 aromatic heterocycles. The summed E-state index contributed by atoms with van der Waals surface area (Å²) in [5.41, 5.74) is 1.70. The minimum absolute atomic E-state index is 0. The maximum atomic E-state index is 14.1. The first-order valence-electron chi connectivity index (χ1n) is 18.0. The van der Waals surface area contributed by atoms with Crippen molar-refractivity contribution >= 4 is 114 Å². The summed E-state index contributed by atoms with van der Waals surface area (Å²) in [7, 11) is -2.06. The van der Waals surface area contributed by atoms with Crippen molar-refractivity contribution in [1.29, 1.82) is 0 Å². The van der Waals surface area contributed by atoms with Gasteiger partial charge in [0.1, 0.15) is 31.8 Å². The molecule has 0 spiro atoms. The van der Waals surface area contributed by atoms with Crippen LogP contribution in [0.1, 0.15) is 0 Å². The first-order valence-corrected chi connectivity index (χ1v) is 28.6. The fourth-order valence-corrected chi connectivity index (χ4v) is 15.2. The summed E-state index contributed by atoms with van der Waals surface area (Å²) < 4.78 is 33.0. The molecule has 68 heavy (non-hydrogen) atoms. The molecule has 0 aliphatic rings. The van der Waals surface area contributed by atoms with Crippen LogP contribution in [0.4, 0.5) is 0 Å². The van der Waals surface area contributed by atoms with Crippen molar-refractivity contribution in [2.75, 3.05) is 7.11 Å². The Labute approximate surface area is 501 Å². The Bertz CT molecular complexity index is 2720. The van der Waals surface area contributed by atoms with E-state index in [2.05, 4.69) is 48.5 Å². The molecule has 0 aliphatic heterocycles. The third-order valence-corrected chi connectivity index (χ3v) is 17.9. The van der Waals surface area contributed by atoms with Gasteiger partial charge < -0.3 is 63.8 Å². The van der Waals surface area contributed by atoms with Crippen molar-refractivity contribution in [2.45, 2.75) is 0 Å². The number of rotatable bonds is 10. The molecule has 0 bridgehead atoms. The van der Waals surface area contributed by atoms with Crippen molar-refractivity contribution in [3.05, 3.63) is 227 Å². The molecule has 0 aliphatic carbocycles. The molecule has 6 nitrogen and oxygen atoms in total. The molecule has 0 amide bonds. The minimum atomic E-state index is -4.80. The van der Waals surface area contributed by atoms with Crippen LogP contribution in [0.25, 0.3) is 32.7 Å². The average Bonchev–Trinajstić information content (AvgIpc) is 3.25. The van der Waals surface area contributed by atoms with Gasteiger partial charge >= 0.3 is 49.7 Å². The zero-order valence-corrected chi connectivity index (χ0v) is 55.8. The van der Waals surface area contributed by atoms with E-state index in [0.717, 1.165) is 48.3 Å². The Morgan fingerprint density at radius 3 is 0.926 bits per heavy atom. The van der Waals surface area contributed by atoms with E-state index in [-0.39, 0.29) is 175 Å². The van der Waals surface area contributed by atoms with Gasteiger partial charge in [-0.2, -0.15) is 0 Å². The van der Waals surface area contributed by atoms with Crippen LogP contribution < -0.4 is 42.4 Å².